The highest BCUT2D eigenvalue weighted by Gasteiger charge is 2.22. The van der Waals surface area contributed by atoms with Crippen molar-refractivity contribution in [1.82, 2.24) is 4.98 Å². The first-order valence-electron chi connectivity index (χ1n) is 9.18. The van der Waals surface area contributed by atoms with Gasteiger partial charge in [-0.2, -0.15) is 10.5 Å². The van der Waals surface area contributed by atoms with E-state index in [4.69, 9.17) is 16.9 Å². The van der Waals surface area contributed by atoms with Gasteiger partial charge in [0.2, 0.25) is 9.84 Å². The molecule has 0 saturated carbocycles. The van der Waals surface area contributed by atoms with Crippen molar-refractivity contribution in [1.29, 1.82) is 10.5 Å². The first kappa shape index (κ1) is 20.4. The number of hydrogen-bond donors (Lipinski definition) is 1. The maximum Gasteiger partial charge on any atom is 0.216 e. The second-order valence-corrected chi connectivity index (χ2v) is 9.08. The van der Waals surface area contributed by atoms with Crippen LogP contribution in [-0.2, 0) is 9.84 Å². The summed E-state index contributed by atoms with van der Waals surface area (Å²) in [5.74, 6) is 0. The quantitative estimate of drug-likeness (QED) is 0.409. The molecule has 0 saturated heterocycles. The Balaban J connectivity index is 1.93. The van der Waals surface area contributed by atoms with E-state index < -0.39 is 9.84 Å². The van der Waals surface area contributed by atoms with Crippen molar-refractivity contribution in [2.75, 3.05) is 0 Å². The Morgan fingerprint density at radius 2 is 1.61 bits per heavy atom. The van der Waals surface area contributed by atoms with Gasteiger partial charge < -0.3 is 4.98 Å². The zero-order valence-electron chi connectivity index (χ0n) is 16.0. The molecule has 0 fully saturated rings. The topological polar surface area (TPSA) is 97.5 Å². The van der Waals surface area contributed by atoms with E-state index in [2.05, 4.69) is 11.1 Å². The van der Waals surface area contributed by atoms with Crippen LogP contribution in [0.3, 0.4) is 0 Å². The predicted octanol–water partition coefficient (Wildman–Crippen LogP) is 5.70. The summed E-state index contributed by atoms with van der Waals surface area (Å²) in [5.41, 5.74) is 3.32. The Morgan fingerprint density at radius 1 is 0.935 bits per heavy atom. The molecular formula is C24H14ClN3O2S. The summed E-state index contributed by atoms with van der Waals surface area (Å²) in [6.45, 7) is 0. The van der Waals surface area contributed by atoms with Crippen molar-refractivity contribution in [2.24, 2.45) is 0 Å². The summed E-state index contributed by atoms with van der Waals surface area (Å²) in [6, 6.07) is 24.0. The minimum Gasteiger partial charge on any atom is -0.354 e. The van der Waals surface area contributed by atoms with E-state index in [9.17, 15) is 13.7 Å². The third kappa shape index (κ3) is 3.83. The van der Waals surface area contributed by atoms with E-state index in [1.165, 1.54) is 30.3 Å². The number of aromatic nitrogens is 1. The van der Waals surface area contributed by atoms with Crippen LogP contribution in [0.15, 0.2) is 82.6 Å². The first-order chi connectivity index (χ1) is 14.9. The molecule has 0 radical (unpaired) electrons. The second-order valence-electron chi connectivity index (χ2n) is 6.73. The van der Waals surface area contributed by atoms with Gasteiger partial charge in [0.1, 0.15) is 11.0 Å². The maximum absolute atomic E-state index is 13.1. The van der Waals surface area contributed by atoms with Crippen LogP contribution in [0.1, 0.15) is 11.1 Å². The van der Waals surface area contributed by atoms with E-state index in [0.717, 1.165) is 16.5 Å². The highest BCUT2D eigenvalue weighted by molar-refractivity contribution is 7.95. The molecule has 0 spiro atoms. The molecule has 0 aliphatic heterocycles. The molecule has 7 heteroatoms. The molecule has 4 aromatic rings. The summed E-state index contributed by atoms with van der Waals surface area (Å²) in [6.07, 6.45) is 1.39. The summed E-state index contributed by atoms with van der Waals surface area (Å²) < 4.78 is 26.2. The Kier molecular flexibility index (Phi) is 5.35. The lowest BCUT2D eigenvalue weighted by Crippen LogP contribution is -2.03. The third-order valence-electron chi connectivity index (χ3n) is 4.85. The molecule has 4 rings (SSSR count). The zero-order chi connectivity index (χ0) is 22.0. The fraction of sp³-hybridized carbons (Fsp3) is 0. The zero-order valence-corrected chi connectivity index (χ0v) is 17.6. The summed E-state index contributed by atoms with van der Waals surface area (Å²) >= 11 is 5.87. The average molecular weight is 444 g/mol. The molecule has 150 valence electrons. The summed E-state index contributed by atoms with van der Waals surface area (Å²) in [7, 11) is -4.04. The van der Waals surface area contributed by atoms with Crippen LogP contribution in [0.2, 0.25) is 5.02 Å². The monoisotopic (exact) mass is 443 g/mol. The number of para-hydroxylation sites is 1. The van der Waals surface area contributed by atoms with Gasteiger partial charge >= 0.3 is 0 Å². The van der Waals surface area contributed by atoms with Gasteiger partial charge in [0.15, 0.2) is 0 Å². The Hall–Kier alpha value is -3.84. The van der Waals surface area contributed by atoms with Crippen molar-refractivity contribution < 1.29 is 8.42 Å². The Labute approximate surface area is 184 Å². The molecule has 0 aliphatic carbocycles. The van der Waals surface area contributed by atoms with E-state index in [1.54, 1.807) is 24.3 Å². The first-order valence-corrected chi connectivity index (χ1v) is 11.0. The summed E-state index contributed by atoms with van der Waals surface area (Å²) in [5, 5.41) is 19.9. The van der Waals surface area contributed by atoms with Gasteiger partial charge in [0.05, 0.1) is 22.2 Å². The minimum absolute atomic E-state index is 0.00976. The lowest BCUT2D eigenvalue weighted by atomic mass is 10.0. The highest BCUT2D eigenvalue weighted by Crippen LogP contribution is 2.34. The standard InChI is InChI=1S/C24H14ClN3O2S/c25-18-9-11-19(12-10-18)31(29,30)20(15-27)13-22-21-3-1-2-4-23(21)28-24(22)17-7-5-16(14-26)6-8-17/h1-13,28H/b20-13-. The van der Waals surface area contributed by atoms with Crippen molar-refractivity contribution in [3.63, 3.8) is 0 Å². The molecule has 1 heterocycles. The largest absolute Gasteiger partial charge is 0.354 e. The molecular weight excluding hydrogens is 430 g/mol. The molecule has 1 N–H and O–H groups in total. The van der Waals surface area contributed by atoms with Crippen molar-refractivity contribution in [2.45, 2.75) is 4.90 Å². The van der Waals surface area contributed by atoms with Gasteiger partial charge in [-0.05, 0) is 54.1 Å². The van der Waals surface area contributed by atoms with Gasteiger partial charge in [-0.3, -0.25) is 0 Å². The number of nitrogens with one attached hydrogen (secondary N) is 1. The molecule has 0 unspecified atom stereocenters. The van der Waals surface area contributed by atoms with Crippen LogP contribution in [0, 0.1) is 22.7 Å². The van der Waals surface area contributed by atoms with Crippen LogP contribution >= 0.6 is 11.6 Å². The van der Waals surface area contributed by atoms with E-state index in [0.29, 0.717) is 21.8 Å². The molecule has 31 heavy (non-hydrogen) atoms. The van der Waals surface area contributed by atoms with Gasteiger partial charge in [0.25, 0.3) is 0 Å². The predicted molar refractivity (Wildman–Crippen MR) is 121 cm³/mol. The van der Waals surface area contributed by atoms with Crippen molar-refractivity contribution >= 4 is 38.4 Å². The number of sulfone groups is 1. The van der Waals surface area contributed by atoms with Crippen LogP contribution in [0.5, 0.6) is 0 Å². The smallest absolute Gasteiger partial charge is 0.216 e. The second kappa shape index (κ2) is 8.12. The third-order valence-corrected chi connectivity index (χ3v) is 6.78. The van der Waals surface area contributed by atoms with E-state index in [1.807, 2.05) is 30.3 Å². The SMILES string of the molecule is N#C/C(=C/c1c(-c2ccc(C#N)cc2)[nH]c2ccccc12)S(=O)(=O)c1ccc(Cl)cc1. The van der Waals surface area contributed by atoms with Gasteiger partial charge in [0, 0.05) is 21.5 Å². The van der Waals surface area contributed by atoms with Crippen molar-refractivity contribution in [3.05, 3.63) is 93.9 Å². The Bertz CT molecular complexity index is 1500. The van der Waals surface area contributed by atoms with Crippen LogP contribution in [0.25, 0.3) is 28.2 Å². The molecule has 1 aromatic heterocycles. The number of halogens is 1. The number of H-pyrrole nitrogens is 1. The van der Waals surface area contributed by atoms with Gasteiger partial charge in [-0.1, -0.05) is 41.9 Å². The fourth-order valence-electron chi connectivity index (χ4n) is 3.29. The molecule has 5 nitrogen and oxygen atoms in total. The normalized spacial score (nSPS) is 11.8. The van der Waals surface area contributed by atoms with E-state index in [-0.39, 0.29) is 9.80 Å². The van der Waals surface area contributed by atoms with Gasteiger partial charge in [-0.25, -0.2) is 8.42 Å². The Morgan fingerprint density at radius 3 is 2.26 bits per heavy atom. The maximum atomic E-state index is 13.1. The number of allylic oxidation sites excluding steroid dienone is 1. The number of aromatic amines is 1. The van der Waals surface area contributed by atoms with Crippen LogP contribution in [-0.4, -0.2) is 13.4 Å². The fourth-order valence-corrected chi connectivity index (χ4v) is 4.56. The lowest BCUT2D eigenvalue weighted by Gasteiger charge is -2.05. The molecule has 0 aliphatic rings. The van der Waals surface area contributed by atoms with Crippen molar-refractivity contribution in [3.8, 4) is 23.4 Å². The average Bonchev–Trinajstić information content (AvgIpc) is 3.16. The molecule has 0 amide bonds. The molecule has 0 bridgehead atoms. The van der Waals surface area contributed by atoms with Crippen LogP contribution < -0.4 is 0 Å². The highest BCUT2D eigenvalue weighted by atomic mass is 35.5. The number of hydrogen-bond acceptors (Lipinski definition) is 4. The molecule has 3 aromatic carbocycles. The molecule has 0 atom stereocenters. The number of rotatable bonds is 4. The number of benzene rings is 3. The van der Waals surface area contributed by atoms with Gasteiger partial charge in [-0.15, -0.1) is 0 Å². The minimum atomic E-state index is -4.04. The number of nitriles is 2. The summed E-state index contributed by atoms with van der Waals surface area (Å²) in [4.78, 5) is 2.91. The number of nitrogens with zero attached hydrogens (tertiary/aromatic N) is 2. The number of fused-ring (bicyclic) bond motifs is 1. The van der Waals surface area contributed by atoms with Crippen LogP contribution in [0.4, 0.5) is 0 Å². The lowest BCUT2D eigenvalue weighted by molar-refractivity contribution is 0.603. The van der Waals surface area contributed by atoms with E-state index >= 15 is 0 Å².